The number of hydrogen-bond donors (Lipinski definition) is 0. The third kappa shape index (κ3) is 4.89. The summed E-state index contributed by atoms with van der Waals surface area (Å²) in [6, 6.07) is 65.7. The minimum atomic E-state index is -0.507. The Morgan fingerprint density at radius 2 is 0.967 bits per heavy atom. The molecule has 4 aromatic heterocycles. The lowest BCUT2D eigenvalue weighted by molar-refractivity contribution is 0.612. The van der Waals surface area contributed by atoms with E-state index in [1.807, 2.05) is 66.7 Å². The summed E-state index contributed by atoms with van der Waals surface area (Å²) in [6.45, 7) is 0. The summed E-state index contributed by atoms with van der Waals surface area (Å²) in [5, 5.41) is 0. The van der Waals surface area contributed by atoms with Crippen molar-refractivity contribution >= 4 is 16.7 Å². The van der Waals surface area contributed by atoms with Crippen molar-refractivity contribution in [3.63, 3.8) is 0 Å². The molecule has 0 aliphatic heterocycles. The number of imidazole rings is 1. The highest BCUT2D eigenvalue weighted by atomic mass is 16.3. The first-order chi connectivity index (χ1) is 30.2. The van der Waals surface area contributed by atoms with Crippen LogP contribution in [0.1, 0.15) is 22.3 Å². The summed E-state index contributed by atoms with van der Waals surface area (Å²) in [4.78, 5) is 25.5. The van der Waals surface area contributed by atoms with Gasteiger partial charge in [-0.15, -0.1) is 0 Å². The lowest BCUT2D eigenvalue weighted by Gasteiger charge is -2.30. The van der Waals surface area contributed by atoms with E-state index >= 15 is 0 Å². The van der Waals surface area contributed by atoms with E-state index < -0.39 is 5.41 Å². The number of nitrogens with zero attached hydrogens (tertiary/aromatic N) is 6. The number of hydrogen-bond acceptors (Lipinski definition) is 6. The highest BCUT2D eigenvalue weighted by Gasteiger charge is 2.51. The van der Waals surface area contributed by atoms with Crippen LogP contribution in [-0.2, 0) is 5.41 Å². The van der Waals surface area contributed by atoms with Crippen LogP contribution in [0.15, 0.2) is 199 Å². The number of pyridine rings is 1. The van der Waals surface area contributed by atoms with Crippen molar-refractivity contribution in [1.82, 2.24) is 29.3 Å². The Labute approximate surface area is 350 Å². The van der Waals surface area contributed by atoms with Crippen LogP contribution in [0.25, 0.3) is 96.0 Å². The second-order valence-corrected chi connectivity index (χ2v) is 15.6. The van der Waals surface area contributed by atoms with Crippen molar-refractivity contribution in [2.45, 2.75) is 5.41 Å². The van der Waals surface area contributed by atoms with E-state index in [4.69, 9.17) is 29.3 Å². The molecule has 284 valence electrons. The van der Waals surface area contributed by atoms with E-state index in [0.717, 1.165) is 44.8 Å². The second kappa shape index (κ2) is 12.9. The third-order valence-electron chi connectivity index (χ3n) is 12.3. The fourth-order valence-corrected chi connectivity index (χ4v) is 9.81. The molecule has 0 fully saturated rings. The summed E-state index contributed by atoms with van der Waals surface area (Å²) >= 11 is 0. The normalized spacial score (nSPS) is 13.0. The highest BCUT2D eigenvalue weighted by molar-refractivity contribution is 5.96. The molecule has 2 aliphatic carbocycles. The average molecular weight is 781 g/mol. The number of aromatic nitrogens is 6. The molecule has 0 bridgehead atoms. The van der Waals surface area contributed by atoms with Crippen LogP contribution in [0.3, 0.4) is 0 Å². The van der Waals surface area contributed by atoms with Crippen LogP contribution in [0.2, 0.25) is 0 Å². The quantitative estimate of drug-likeness (QED) is 0.173. The van der Waals surface area contributed by atoms with Gasteiger partial charge in [-0.2, -0.15) is 0 Å². The van der Waals surface area contributed by atoms with E-state index in [9.17, 15) is 0 Å². The minimum absolute atomic E-state index is 0.332. The largest absolute Gasteiger partial charge is 0.434 e. The van der Waals surface area contributed by atoms with Gasteiger partial charge in [-0.3, -0.25) is 4.40 Å². The Kier molecular flexibility index (Phi) is 7.09. The Bertz CT molecular complexity index is 3470. The van der Waals surface area contributed by atoms with Gasteiger partial charge in [0.1, 0.15) is 11.2 Å². The van der Waals surface area contributed by atoms with Crippen LogP contribution in [0.4, 0.5) is 0 Å². The SMILES string of the molecule is c1ccc(-c2nc3ccccn3c2-c2cccc(-c3nc(-c4ccc5c(c4)C4(c6ccccc6-c6ccccc64)c4ccccc4-5)nc(-c4nc5ccccc5o4)n3)c2)cc1. The molecule has 61 heavy (non-hydrogen) atoms. The molecular weight excluding hydrogens is 749 g/mol. The van der Waals surface area contributed by atoms with E-state index in [1.165, 1.54) is 44.5 Å². The van der Waals surface area contributed by atoms with Crippen LogP contribution in [0, 0.1) is 0 Å². The summed E-state index contributed by atoms with van der Waals surface area (Å²) in [5.41, 5.74) is 17.4. The van der Waals surface area contributed by atoms with Gasteiger partial charge in [-0.25, -0.2) is 24.9 Å². The van der Waals surface area contributed by atoms with E-state index in [0.29, 0.717) is 28.9 Å². The first-order valence-electron chi connectivity index (χ1n) is 20.4. The molecular formula is C54H32N6O. The summed E-state index contributed by atoms with van der Waals surface area (Å²) < 4.78 is 8.47. The first-order valence-corrected chi connectivity index (χ1v) is 20.4. The third-order valence-corrected chi connectivity index (χ3v) is 12.3. The number of oxazole rings is 1. The molecule has 13 rings (SSSR count). The van der Waals surface area contributed by atoms with E-state index in [1.54, 1.807) is 0 Å². The lowest BCUT2D eigenvalue weighted by atomic mass is 9.70. The molecule has 1 spiro atoms. The number of benzene rings is 7. The van der Waals surface area contributed by atoms with Crippen molar-refractivity contribution in [3.8, 4) is 79.3 Å². The molecule has 0 amide bonds. The van der Waals surface area contributed by atoms with Crippen molar-refractivity contribution in [2.75, 3.05) is 0 Å². The van der Waals surface area contributed by atoms with Gasteiger partial charge in [-0.05, 0) is 80.9 Å². The Hall–Kier alpha value is -8.29. The van der Waals surface area contributed by atoms with Crippen LogP contribution >= 0.6 is 0 Å². The fourth-order valence-electron chi connectivity index (χ4n) is 9.81. The molecule has 0 unspecified atom stereocenters. The molecule has 0 N–H and O–H groups in total. The van der Waals surface area contributed by atoms with Gasteiger partial charge in [0.15, 0.2) is 17.2 Å². The maximum atomic E-state index is 6.33. The predicted molar refractivity (Wildman–Crippen MR) is 240 cm³/mol. The molecule has 4 heterocycles. The lowest BCUT2D eigenvalue weighted by Crippen LogP contribution is -2.25. The molecule has 0 radical (unpaired) electrons. The zero-order valence-corrected chi connectivity index (χ0v) is 32.6. The van der Waals surface area contributed by atoms with Gasteiger partial charge in [0.2, 0.25) is 5.82 Å². The molecule has 7 aromatic carbocycles. The van der Waals surface area contributed by atoms with E-state index in [-0.39, 0.29) is 0 Å². The van der Waals surface area contributed by atoms with Crippen molar-refractivity contribution in [3.05, 3.63) is 217 Å². The van der Waals surface area contributed by atoms with Gasteiger partial charge >= 0.3 is 0 Å². The topological polar surface area (TPSA) is 82.0 Å². The number of fused-ring (bicyclic) bond motifs is 12. The fraction of sp³-hybridized carbons (Fsp3) is 0.0185. The summed E-state index contributed by atoms with van der Waals surface area (Å²) in [5.74, 6) is 1.73. The molecule has 7 heteroatoms. The Balaban J connectivity index is 1.03. The van der Waals surface area contributed by atoms with Crippen molar-refractivity contribution < 1.29 is 4.42 Å². The maximum Gasteiger partial charge on any atom is 0.266 e. The Morgan fingerprint density at radius 3 is 1.69 bits per heavy atom. The molecule has 0 saturated heterocycles. The van der Waals surface area contributed by atoms with Gasteiger partial charge in [-0.1, -0.05) is 152 Å². The number of para-hydroxylation sites is 2. The molecule has 0 saturated carbocycles. The number of rotatable bonds is 5. The molecule has 2 aliphatic rings. The van der Waals surface area contributed by atoms with Gasteiger partial charge < -0.3 is 4.42 Å². The zero-order chi connectivity index (χ0) is 40.1. The van der Waals surface area contributed by atoms with Crippen molar-refractivity contribution in [2.24, 2.45) is 0 Å². The van der Waals surface area contributed by atoms with Gasteiger partial charge in [0.25, 0.3) is 5.89 Å². The Morgan fingerprint density at radius 1 is 0.393 bits per heavy atom. The molecule has 7 nitrogen and oxygen atoms in total. The monoisotopic (exact) mass is 780 g/mol. The van der Waals surface area contributed by atoms with Crippen LogP contribution in [-0.4, -0.2) is 29.3 Å². The van der Waals surface area contributed by atoms with Gasteiger partial charge in [0, 0.05) is 28.5 Å². The van der Waals surface area contributed by atoms with Crippen LogP contribution in [0.5, 0.6) is 0 Å². The molecule has 0 atom stereocenters. The maximum absolute atomic E-state index is 6.33. The predicted octanol–water partition coefficient (Wildman–Crippen LogP) is 12.3. The first kappa shape index (κ1) is 33.7. The van der Waals surface area contributed by atoms with Crippen molar-refractivity contribution in [1.29, 1.82) is 0 Å². The zero-order valence-electron chi connectivity index (χ0n) is 32.6. The highest BCUT2D eigenvalue weighted by Crippen LogP contribution is 2.63. The van der Waals surface area contributed by atoms with Gasteiger partial charge in [0.05, 0.1) is 16.8 Å². The smallest absolute Gasteiger partial charge is 0.266 e. The summed E-state index contributed by atoms with van der Waals surface area (Å²) in [6.07, 6.45) is 2.06. The van der Waals surface area contributed by atoms with Crippen LogP contribution < -0.4 is 0 Å². The average Bonchev–Trinajstić information content (AvgIpc) is 4.09. The minimum Gasteiger partial charge on any atom is -0.434 e. The van der Waals surface area contributed by atoms with E-state index in [2.05, 4.69) is 132 Å². The molecule has 11 aromatic rings. The summed E-state index contributed by atoms with van der Waals surface area (Å²) in [7, 11) is 0. The standard InChI is InChI=1S/C54H32N6O/c1-2-15-33(16-3-1)48-49(60-30-13-12-27-47(60)56-48)34-17-14-18-35(31-34)50-57-51(59-52(58-50)53-55-45-25-10-11-26-46(45)61-53)36-28-29-40-39-21-6-9-24-43(39)54(44(40)32-36)41-22-7-4-19-37(41)38-20-5-8-23-42(38)54/h1-32H. The second-order valence-electron chi connectivity index (χ2n) is 15.6.